The first-order valence-electron chi connectivity index (χ1n) is 11.9. The maximum atomic E-state index is 13.3. The highest BCUT2D eigenvalue weighted by molar-refractivity contribution is 5.78. The number of carbonyl (C=O) groups excluding carboxylic acids is 1. The van der Waals surface area contributed by atoms with Gasteiger partial charge in [-0.3, -0.25) is 23.7 Å². The van der Waals surface area contributed by atoms with Crippen molar-refractivity contribution in [1.82, 2.24) is 19.4 Å². The van der Waals surface area contributed by atoms with Crippen molar-refractivity contribution in [1.29, 1.82) is 0 Å². The molecule has 184 valence electrons. The number of nitrogens with one attached hydrogen (secondary N) is 1. The fourth-order valence-corrected chi connectivity index (χ4v) is 4.29. The standard InChI is InChI=1S/C27H26N4O5/c32-25(29-16-19-10-11-23-24(14-19)36-18-35-23)9-3-4-13-30-26(33)21-7-1-2-8-22(21)31(27(30)34)17-20-6-5-12-28-15-20/h1-2,5-8,10-12,14-15H,3-4,9,13,16-18H2,(H,29,32). The summed E-state index contributed by atoms with van der Waals surface area (Å²) >= 11 is 0. The zero-order valence-electron chi connectivity index (χ0n) is 19.7. The highest BCUT2D eigenvalue weighted by Crippen LogP contribution is 2.32. The van der Waals surface area contributed by atoms with Crippen LogP contribution in [0.25, 0.3) is 10.9 Å². The second-order valence-corrected chi connectivity index (χ2v) is 8.63. The Bertz CT molecular complexity index is 1510. The first-order chi connectivity index (χ1) is 17.6. The number of aromatic nitrogens is 3. The minimum absolute atomic E-state index is 0.0903. The van der Waals surface area contributed by atoms with E-state index in [1.165, 1.54) is 4.57 Å². The number of unbranched alkanes of at least 4 members (excludes halogenated alkanes) is 1. The van der Waals surface area contributed by atoms with Gasteiger partial charge >= 0.3 is 5.69 Å². The lowest BCUT2D eigenvalue weighted by Gasteiger charge is -2.14. The van der Waals surface area contributed by atoms with Crippen LogP contribution >= 0.6 is 0 Å². The van der Waals surface area contributed by atoms with Crippen LogP contribution in [0.1, 0.15) is 30.4 Å². The van der Waals surface area contributed by atoms with Gasteiger partial charge in [0.2, 0.25) is 12.7 Å². The molecular weight excluding hydrogens is 460 g/mol. The van der Waals surface area contributed by atoms with Crippen LogP contribution in [0.5, 0.6) is 11.5 Å². The van der Waals surface area contributed by atoms with Crippen molar-refractivity contribution in [2.24, 2.45) is 0 Å². The smallest absolute Gasteiger partial charge is 0.331 e. The summed E-state index contributed by atoms with van der Waals surface area (Å²) in [5.41, 5.74) is 1.70. The molecule has 0 fully saturated rings. The van der Waals surface area contributed by atoms with Crippen molar-refractivity contribution < 1.29 is 14.3 Å². The molecule has 1 aliphatic heterocycles. The van der Waals surface area contributed by atoms with Crippen LogP contribution in [-0.4, -0.2) is 26.8 Å². The molecule has 1 aliphatic rings. The van der Waals surface area contributed by atoms with Crippen LogP contribution in [0.2, 0.25) is 0 Å². The third-order valence-electron chi connectivity index (χ3n) is 6.16. The van der Waals surface area contributed by atoms with E-state index in [0.29, 0.717) is 54.8 Å². The molecule has 1 amide bonds. The van der Waals surface area contributed by atoms with Gasteiger partial charge in [0, 0.05) is 31.9 Å². The van der Waals surface area contributed by atoms with E-state index < -0.39 is 0 Å². The third kappa shape index (κ3) is 5.00. The van der Waals surface area contributed by atoms with E-state index in [9.17, 15) is 14.4 Å². The number of amides is 1. The first-order valence-corrected chi connectivity index (χ1v) is 11.9. The average Bonchev–Trinajstić information content (AvgIpc) is 3.38. The minimum Gasteiger partial charge on any atom is -0.454 e. The van der Waals surface area contributed by atoms with E-state index in [2.05, 4.69) is 10.3 Å². The number of ether oxygens (including phenoxy) is 2. The van der Waals surface area contributed by atoms with Crippen LogP contribution in [0.4, 0.5) is 0 Å². The second-order valence-electron chi connectivity index (χ2n) is 8.63. The van der Waals surface area contributed by atoms with Crippen LogP contribution in [0.15, 0.2) is 76.6 Å². The minimum atomic E-state index is -0.366. The number of pyridine rings is 1. The molecule has 0 spiro atoms. The molecule has 0 radical (unpaired) electrons. The van der Waals surface area contributed by atoms with Crippen molar-refractivity contribution in [2.75, 3.05) is 6.79 Å². The molecule has 0 saturated carbocycles. The van der Waals surface area contributed by atoms with Crippen molar-refractivity contribution in [3.8, 4) is 11.5 Å². The van der Waals surface area contributed by atoms with Gasteiger partial charge in [-0.25, -0.2) is 4.79 Å². The number of hydrogen-bond acceptors (Lipinski definition) is 6. The van der Waals surface area contributed by atoms with Gasteiger partial charge in [-0.15, -0.1) is 0 Å². The topological polar surface area (TPSA) is 104 Å². The number of benzene rings is 2. The lowest BCUT2D eigenvalue weighted by molar-refractivity contribution is -0.121. The number of carbonyl (C=O) groups is 1. The molecule has 5 rings (SSSR count). The lowest BCUT2D eigenvalue weighted by Crippen LogP contribution is -2.40. The van der Waals surface area contributed by atoms with Crippen LogP contribution in [-0.2, 0) is 24.4 Å². The molecule has 0 saturated heterocycles. The SMILES string of the molecule is O=C(CCCCn1c(=O)c2ccccc2n(Cc2cccnc2)c1=O)NCc1ccc2c(c1)OCO2. The quantitative estimate of drug-likeness (QED) is 0.365. The molecular formula is C27H26N4O5. The van der Waals surface area contributed by atoms with Crippen molar-refractivity contribution in [3.63, 3.8) is 0 Å². The molecule has 0 unspecified atom stereocenters. The van der Waals surface area contributed by atoms with E-state index in [-0.39, 0.29) is 30.5 Å². The first kappa shape index (κ1) is 23.3. The normalized spacial score (nSPS) is 12.1. The molecule has 36 heavy (non-hydrogen) atoms. The van der Waals surface area contributed by atoms with Crippen molar-refractivity contribution >= 4 is 16.8 Å². The molecule has 0 bridgehead atoms. The molecule has 4 aromatic rings. The number of fused-ring (bicyclic) bond motifs is 2. The van der Waals surface area contributed by atoms with Crippen LogP contribution < -0.4 is 26.0 Å². The fourth-order valence-electron chi connectivity index (χ4n) is 4.29. The predicted molar refractivity (Wildman–Crippen MR) is 134 cm³/mol. The maximum Gasteiger partial charge on any atom is 0.331 e. The Balaban J connectivity index is 1.22. The summed E-state index contributed by atoms with van der Waals surface area (Å²) in [5.74, 6) is 1.29. The van der Waals surface area contributed by atoms with Gasteiger partial charge in [0.25, 0.3) is 5.56 Å². The summed E-state index contributed by atoms with van der Waals surface area (Å²) in [6.07, 6.45) is 4.76. The predicted octanol–water partition coefficient (Wildman–Crippen LogP) is 2.82. The Hall–Kier alpha value is -4.40. The van der Waals surface area contributed by atoms with Gasteiger partial charge in [0.15, 0.2) is 11.5 Å². The Morgan fingerprint density at radius 2 is 1.81 bits per heavy atom. The summed E-state index contributed by atoms with van der Waals surface area (Å²) in [6, 6.07) is 16.4. The Morgan fingerprint density at radius 3 is 2.67 bits per heavy atom. The summed E-state index contributed by atoms with van der Waals surface area (Å²) in [5, 5.41) is 3.38. The van der Waals surface area contributed by atoms with E-state index in [4.69, 9.17) is 9.47 Å². The van der Waals surface area contributed by atoms with Crippen LogP contribution in [0, 0.1) is 0 Å². The average molecular weight is 487 g/mol. The summed E-state index contributed by atoms with van der Waals surface area (Å²) in [4.78, 5) is 42.8. The molecule has 9 heteroatoms. The molecule has 3 heterocycles. The maximum absolute atomic E-state index is 13.3. The Morgan fingerprint density at radius 1 is 0.944 bits per heavy atom. The summed E-state index contributed by atoms with van der Waals surface area (Å²) < 4.78 is 13.5. The summed E-state index contributed by atoms with van der Waals surface area (Å²) in [7, 11) is 0. The van der Waals surface area contributed by atoms with E-state index >= 15 is 0 Å². The van der Waals surface area contributed by atoms with Gasteiger partial charge in [-0.1, -0.05) is 24.3 Å². The lowest BCUT2D eigenvalue weighted by atomic mass is 10.2. The Labute approximate surface area is 206 Å². The molecule has 0 atom stereocenters. The van der Waals surface area contributed by atoms with E-state index in [1.807, 2.05) is 36.4 Å². The molecule has 1 N–H and O–H groups in total. The fraction of sp³-hybridized carbons (Fsp3) is 0.259. The largest absolute Gasteiger partial charge is 0.454 e. The summed E-state index contributed by atoms with van der Waals surface area (Å²) in [6.45, 7) is 1.15. The zero-order chi connectivity index (χ0) is 24.9. The van der Waals surface area contributed by atoms with Crippen molar-refractivity contribution in [3.05, 3.63) is 99.0 Å². The van der Waals surface area contributed by atoms with Gasteiger partial charge in [0.1, 0.15) is 0 Å². The molecule has 2 aromatic heterocycles. The third-order valence-corrected chi connectivity index (χ3v) is 6.16. The number of hydrogen-bond donors (Lipinski definition) is 1. The molecule has 9 nitrogen and oxygen atoms in total. The highest BCUT2D eigenvalue weighted by atomic mass is 16.7. The highest BCUT2D eigenvalue weighted by Gasteiger charge is 2.15. The molecule has 2 aromatic carbocycles. The molecule has 0 aliphatic carbocycles. The van der Waals surface area contributed by atoms with Gasteiger partial charge < -0.3 is 14.8 Å². The van der Waals surface area contributed by atoms with Gasteiger partial charge in [-0.2, -0.15) is 0 Å². The van der Waals surface area contributed by atoms with Crippen LogP contribution in [0.3, 0.4) is 0 Å². The van der Waals surface area contributed by atoms with Gasteiger partial charge in [-0.05, 0) is 54.3 Å². The number of rotatable bonds is 9. The van der Waals surface area contributed by atoms with Crippen molar-refractivity contribution in [2.45, 2.75) is 38.9 Å². The number of para-hydroxylation sites is 1. The van der Waals surface area contributed by atoms with E-state index in [1.54, 1.807) is 35.2 Å². The second kappa shape index (κ2) is 10.5. The monoisotopic (exact) mass is 486 g/mol. The van der Waals surface area contributed by atoms with Gasteiger partial charge in [0.05, 0.1) is 17.4 Å². The van der Waals surface area contributed by atoms with E-state index in [0.717, 1.165) is 11.1 Å². The Kier molecular flexibility index (Phi) is 6.79. The zero-order valence-corrected chi connectivity index (χ0v) is 19.7. The number of nitrogens with zero attached hydrogens (tertiary/aromatic N) is 3.